The molecule has 0 fully saturated rings. The van der Waals surface area contributed by atoms with Crippen LogP contribution in [0.2, 0.25) is 0 Å². The predicted molar refractivity (Wildman–Crippen MR) is 68.1 cm³/mol. The normalized spacial score (nSPS) is 10.7. The summed E-state index contributed by atoms with van der Waals surface area (Å²) < 4.78 is 0. The Morgan fingerprint density at radius 1 is 1.00 bits per heavy atom. The van der Waals surface area contributed by atoms with Gasteiger partial charge in [0.05, 0.1) is 0 Å². The van der Waals surface area contributed by atoms with Crippen molar-refractivity contribution in [3.63, 3.8) is 0 Å². The Kier molecular flexibility index (Phi) is 3.37. The second-order valence-electron chi connectivity index (χ2n) is 4.17. The largest absolute Gasteiger partial charge is 0.305 e. The van der Waals surface area contributed by atoms with Crippen LogP contribution in [0.15, 0.2) is 48.5 Å². The first kappa shape index (κ1) is 10.9. The summed E-state index contributed by atoms with van der Waals surface area (Å²) in [6.07, 6.45) is 0. The molecule has 81 valence electrons. The van der Waals surface area contributed by atoms with Gasteiger partial charge in [0, 0.05) is 6.54 Å². The first-order chi connectivity index (χ1) is 7.77. The van der Waals surface area contributed by atoms with E-state index in [4.69, 9.17) is 0 Å². The van der Waals surface area contributed by atoms with Crippen LogP contribution in [0.25, 0.3) is 11.1 Å². The molecule has 0 saturated heterocycles. The fourth-order valence-corrected chi connectivity index (χ4v) is 1.82. The van der Waals surface area contributed by atoms with E-state index in [0.29, 0.717) is 0 Å². The monoisotopic (exact) mass is 210 g/mol. The lowest BCUT2D eigenvalue weighted by Gasteiger charge is -2.14. The number of hydrogen-bond donors (Lipinski definition) is 0. The summed E-state index contributed by atoms with van der Waals surface area (Å²) in [5, 5.41) is 0. The van der Waals surface area contributed by atoms with Crippen LogP contribution in [0.5, 0.6) is 0 Å². The lowest BCUT2D eigenvalue weighted by molar-refractivity contribution is 0.403. The Labute approximate surface area is 97.3 Å². The highest BCUT2D eigenvalue weighted by Crippen LogP contribution is 2.23. The van der Waals surface area contributed by atoms with Crippen molar-refractivity contribution >= 4 is 0 Å². The summed E-state index contributed by atoms with van der Waals surface area (Å²) in [5.74, 6) is 0. The molecule has 1 heteroatoms. The van der Waals surface area contributed by atoms with Crippen molar-refractivity contribution in [1.29, 1.82) is 0 Å². The molecule has 0 N–H and O–H groups in total. The number of hydrogen-bond acceptors (Lipinski definition) is 1. The molecule has 1 nitrogen and oxygen atoms in total. The zero-order valence-corrected chi connectivity index (χ0v) is 9.77. The highest BCUT2D eigenvalue weighted by Gasteiger charge is 2.04. The fourth-order valence-electron chi connectivity index (χ4n) is 1.82. The minimum atomic E-state index is 0.957. The van der Waals surface area contributed by atoms with E-state index in [1.165, 1.54) is 16.7 Å². The third-order valence-electron chi connectivity index (χ3n) is 2.50. The molecule has 0 saturated carbocycles. The Hall–Kier alpha value is -1.60. The van der Waals surface area contributed by atoms with Gasteiger partial charge in [-0.3, -0.25) is 0 Å². The van der Waals surface area contributed by atoms with Gasteiger partial charge in [0.15, 0.2) is 0 Å². The van der Waals surface area contributed by atoms with Gasteiger partial charge in [-0.2, -0.15) is 0 Å². The van der Waals surface area contributed by atoms with Crippen LogP contribution in [0.1, 0.15) is 5.56 Å². The second-order valence-corrected chi connectivity index (χ2v) is 4.17. The molecule has 0 aliphatic heterocycles. The van der Waals surface area contributed by atoms with Crippen LogP contribution in [0.3, 0.4) is 0 Å². The average Bonchev–Trinajstić information content (AvgIpc) is 2.30. The van der Waals surface area contributed by atoms with E-state index >= 15 is 0 Å². The van der Waals surface area contributed by atoms with Gasteiger partial charge in [-0.25, -0.2) is 0 Å². The van der Waals surface area contributed by atoms with Gasteiger partial charge in [0.1, 0.15) is 0 Å². The van der Waals surface area contributed by atoms with E-state index in [1.807, 2.05) is 12.1 Å². The van der Waals surface area contributed by atoms with E-state index < -0.39 is 0 Å². The lowest BCUT2D eigenvalue weighted by Crippen LogP contribution is -2.11. The van der Waals surface area contributed by atoms with Gasteiger partial charge in [0.25, 0.3) is 0 Å². The molecular weight excluding hydrogens is 194 g/mol. The molecule has 0 aliphatic carbocycles. The maximum absolute atomic E-state index is 3.28. The Bertz CT molecular complexity index is 446. The third kappa shape index (κ3) is 2.50. The summed E-state index contributed by atoms with van der Waals surface area (Å²) in [5.41, 5.74) is 3.78. The molecule has 0 atom stereocenters. The molecule has 2 aromatic carbocycles. The van der Waals surface area contributed by atoms with Crippen LogP contribution in [-0.4, -0.2) is 19.0 Å². The SMILES string of the molecule is CN(C)Cc1ccccc1-c1[c]cccc1. The minimum absolute atomic E-state index is 0.957. The predicted octanol–water partition coefficient (Wildman–Crippen LogP) is 3.22. The summed E-state index contributed by atoms with van der Waals surface area (Å²) in [4.78, 5) is 2.18. The van der Waals surface area contributed by atoms with Gasteiger partial charge in [-0.05, 0) is 36.9 Å². The van der Waals surface area contributed by atoms with Gasteiger partial charge >= 0.3 is 0 Å². The molecule has 0 aromatic heterocycles. The molecule has 0 bridgehead atoms. The first-order valence-electron chi connectivity index (χ1n) is 5.47. The lowest BCUT2D eigenvalue weighted by atomic mass is 9.99. The quantitative estimate of drug-likeness (QED) is 0.752. The van der Waals surface area contributed by atoms with Crippen molar-refractivity contribution in [3.8, 4) is 11.1 Å². The molecule has 0 spiro atoms. The summed E-state index contributed by atoms with van der Waals surface area (Å²) in [7, 11) is 4.18. The average molecular weight is 210 g/mol. The van der Waals surface area contributed by atoms with Gasteiger partial charge in [-0.1, -0.05) is 48.5 Å². The van der Waals surface area contributed by atoms with E-state index in [1.54, 1.807) is 0 Å². The van der Waals surface area contributed by atoms with Crippen molar-refractivity contribution in [2.75, 3.05) is 14.1 Å². The maximum Gasteiger partial charge on any atom is 0.0233 e. The number of benzene rings is 2. The van der Waals surface area contributed by atoms with E-state index in [9.17, 15) is 0 Å². The van der Waals surface area contributed by atoms with Crippen LogP contribution in [-0.2, 0) is 6.54 Å². The molecule has 0 amide bonds. The van der Waals surface area contributed by atoms with Crippen molar-refractivity contribution < 1.29 is 0 Å². The highest BCUT2D eigenvalue weighted by atomic mass is 15.0. The topological polar surface area (TPSA) is 3.24 Å². The number of rotatable bonds is 3. The Morgan fingerprint density at radius 2 is 1.75 bits per heavy atom. The Balaban J connectivity index is 2.41. The van der Waals surface area contributed by atoms with Gasteiger partial charge < -0.3 is 4.90 Å². The number of nitrogens with zero attached hydrogens (tertiary/aromatic N) is 1. The molecular formula is C15H16N. The van der Waals surface area contributed by atoms with E-state index in [0.717, 1.165) is 6.54 Å². The Morgan fingerprint density at radius 3 is 2.44 bits per heavy atom. The standard InChI is InChI=1S/C15H16N/c1-16(2)12-14-10-6-7-11-15(14)13-8-4-3-5-9-13/h3-8,10-11H,12H2,1-2H3. The van der Waals surface area contributed by atoms with Crippen molar-refractivity contribution in [2.24, 2.45) is 0 Å². The van der Waals surface area contributed by atoms with Crippen molar-refractivity contribution in [1.82, 2.24) is 4.90 Å². The summed E-state index contributed by atoms with van der Waals surface area (Å²) >= 11 is 0. The molecule has 2 rings (SSSR count). The van der Waals surface area contributed by atoms with Crippen LogP contribution in [0, 0.1) is 6.07 Å². The molecule has 16 heavy (non-hydrogen) atoms. The van der Waals surface area contributed by atoms with Crippen LogP contribution in [0.4, 0.5) is 0 Å². The van der Waals surface area contributed by atoms with Crippen LogP contribution >= 0.6 is 0 Å². The summed E-state index contributed by atoms with van der Waals surface area (Å²) in [6, 6.07) is 19.9. The first-order valence-corrected chi connectivity index (χ1v) is 5.47. The van der Waals surface area contributed by atoms with Gasteiger partial charge in [0.2, 0.25) is 0 Å². The van der Waals surface area contributed by atoms with Crippen molar-refractivity contribution in [2.45, 2.75) is 6.54 Å². The highest BCUT2D eigenvalue weighted by molar-refractivity contribution is 5.66. The molecule has 0 unspecified atom stereocenters. The zero-order chi connectivity index (χ0) is 11.4. The smallest absolute Gasteiger partial charge is 0.0233 e. The van der Waals surface area contributed by atoms with Crippen LogP contribution < -0.4 is 0 Å². The maximum atomic E-state index is 3.28. The second kappa shape index (κ2) is 4.95. The minimum Gasteiger partial charge on any atom is -0.305 e. The molecule has 0 aliphatic rings. The summed E-state index contributed by atoms with van der Waals surface area (Å²) in [6.45, 7) is 0.957. The molecule has 2 aromatic rings. The third-order valence-corrected chi connectivity index (χ3v) is 2.50. The van der Waals surface area contributed by atoms with Gasteiger partial charge in [-0.15, -0.1) is 0 Å². The molecule has 1 radical (unpaired) electrons. The van der Waals surface area contributed by atoms with Crippen molar-refractivity contribution in [3.05, 3.63) is 60.2 Å². The zero-order valence-electron chi connectivity index (χ0n) is 9.77. The molecule has 0 heterocycles. The van der Waals surface area contributed by atoms with E-state index in [-0.39, 0.29) is 0 Å². The fraction of sp³-hybridized carbons (Fsp3) is 0.200. The van der Waals surface area contributed by atoms with E-state index in [2.05, 4.69) is 61.5 Å².